The van der Waals surface area contributed by atoms with Crippen LogP contribution in [0, 0.1) is 17.5 Å². The quantitative estimate of drug-likeness (QED) is 0.856. The SMILES string of the molecule is Nc1c(F)ccc(S(=O)(=O)Nc2ccc(F)cc2)c1F. The second-order valence-corrected chi connectivity index (χ2v) is 5.54. The number of nitrogens with one attached hydrogen (secondary N) is 1. The highest BCUT2D eigenvalue weighted by Crippen LogP contribution is 2.24. The molecule has 20 heavy (non-hydrogen) atoms. The first-order valence-corrected chi connectivity index (χ1v) is 6.81. The summed E-state index contributed by atoms with van der Waals surface area (Å²) in [6.45, 7) is 0. The summed E-state index contributed by atoms with van der Waals surface area (Å²) in [5.41, 5.74) is 4.25. The number of anilines is 2. The lowest BCUT2D eigenvalue weighted by molar-refractivity contribution is 0.557. The molecule has 0 aromatic heterocycles. The number of sulfonamides is 1. The standard InChI is InChI=1S/C12H9F3N2O2S/c13-7-1-3-8(4-2-7)17-20(18,19)10-6-5-9(14)12(16)11(10)15/h1-6,17H,16H2. The minimum atomic E-state index is -4.29. The van der Waals surface area contributed by atoms with Crippen molar-refractivity contribution in [2.45, 2.75) is 4.90 Å². The van der Waals surface area contributed by atoms with E-state index in [4.69, 9.17) is 5.73 Å². The van der Waals surface area contributed by atoms with Crippen molar-refractivity contribution in [1.29, 1.82) is 0 Å². The molecule has 2 rings (SSSR count). The van der Waals surface area contributed by atoms with Gasteiger partial charge in [-0.15, -0.1) is 0 Å². The fourth-order valence-corrected chi connectivity index (χ4v) is 2.63. The lowest BCUT2D eigenvalue weighted by Crippen LogP contribution is -2.16. The van der Waals surface area contributed by atoms with Crippen molar-refractivity contribution in [3.63, 3.8) is 0 Å². The van der Waals surface area contributed by atoms with E-state index >= 15 is 0 Å². The fourth-order valence-electron chi connectivity index (χ4n) is 1.48. The van der Waals surface area contributed by atoms with Crippen molar-refractivity contribution in [3.05, 3.63) is 53.8 Å². The Morgan fingerprint density at radius 1 is 0.950 bits per heavy atom. The maximum absolute atomic E-state index is 13.7. The second-order valence-electron chi connectivity index (χ2n) is 3.89. The smallest absolute Gasteiger partial charge is 0.264 e. The number of rotatable bonds is 3. The molecular weight excluding hydrogens is 293 g/mol. The Morgan fingerprint density at radius 2 is 1.55 bits per heavy atom. The highest BCUT2D eigenvalue weighted by atomic mass is 32.2. The predicted octanol–water partition coefficient (Wildman–Crippen LogP) is 2.49. The van der Waals surface area contributed by atoms with E-state index in [0.29, 0.717) is 0 Å². The maximum atomic E-state index is 13.7. The summed E-state index contributed by atoms with van der Waals surface area (Å²) >= 11 is 0. The van der Waals surface area contributed by atoms with E-state index in [-0.39, 0.29) is 5.69 Å². The van der Waals surface area contributed by atoms with Gasteiger partial charge in [-0.2, -0.15) is 0 Å². The molecule has 0 radical (unpaired) electrons. The van der Waals surface area contributed by atoms with Crippen LogP contribution in [0.4, 0.5) is 24.5 Å². The van der Waals surface area contributed by atoms with Crippen LogP contribution in [0.3, 0.4) is 0 Å². The summed E-state index contributed by atoms with van der Waals surface area (Å²) in [7, 11) is -4.29. The third-order valence-electron chi connectivity index (χ3n) is 2.48. The molecular formula is C12H9F3N2O2S. The first-order chi connectivity index (χ1) is 9.31. The van der Waals surface area contributed by atoms with Gasteiger partial charge in [-0.25, -0.2) is 21.6 Å². The van der Waals surface area contributed by atoms with E-state index in [0.717, 1.165) is 36.4 Å². The van der Waals surface area contributed by atoms with Crippen molar-refractivity contribution in [2.24, 2.45) is 0 Å². The Morgan fingerprint density at radius 3 is 2.15 bits per heavy atom. The average molecular weight is 302 g/mol. The topological polar surface area (TPSA) is 72.2 Å². The third-order valence-corrected chi connectivity index (χ3v) is 3.88. The van der Waals surface area contributed by atoms with Crippen molar-refractivity contribution in [3.8, 4) is 0 Å². The summed E-state index contributed by atoms with van der Waals surface area (Å²) < 4.78 is 65.3. The first kappa shape index (κ1) is 14.2. The Hall–Kier alpha value is -2.22. The first-order valence-electron chi connectivity index (χ1n) is 5.33. The number of benzene rings is 2. The van der Waals surface area contributed by atoms with Crippen LogP contribution in [0.25, 0.3) is 0 Å². The molecule has 8 heteroatoms. The molecule has 4 nitrogen and oxygen atoms in total. The minimum Gasteiger partial charge on any atom is -0.394 e. The molecule has 0 unspecified atom stereocenters. The highest BCUT2D eigenvalue weighted by molar-refractivity contribution is 7.92. The van der Waals surface area contributed by atoms with Crippen LogP contribution in [0.2, 0.25) is 0 Å². The summed E-state index contributed by atoms with van der Waals surface area (Å²) in [6.07, 6.45) is 0. The summed E-state index contributed by atoms with van der Waals surface area (Å²) in [5.74, 6) is -2.98. The lowest BCUT2D eigenvalue weighted by Gasteiger charge is -2.10. The number of hydrogen-bond acceptors (Lipinski definition) is 3. The van der Waals surface area contributed by atoms with Gasteiger partial charge in [-0.3, -0.25) is 4.72 Å². The van der Waals surface area contributed by atoms with Crippen LogP contribution in [-0.2, 0) is 10.0 Å². The molecule has 0 atom stereocenters. The van der Waals surface area contributed by atoms with E-state index in [1.165, 1.54) is 0 Å². The monoisotopic (exact) mass is 302 g/mol. The summed E-state index contributed by atoms with van der Waals surface area (Å²) in [5, 5.41) is 0. The van der Waals surface area contributed by atoms with Gasteiger partial charge in [0.1, 0.15) is 22.2 Å². The van der Waals surface area contributed by atoms with Crippen LogP contribution in [0.5, 0.6) is 0 Å². The van der Waals surface area contributed by atoms with Crippen LogP contribution >= 0.6 is 0 Å². The van der Waals surface area contributed by atoms with Crippen LogP contribution in [0.15, 0.2) is 41.3 Å². The van der Waals surface area contributed by atoms with Gasteiger partial charge in [0.15, 0.2) is 5.82 Å². The molecule has 0 aliphatic rings. The Balaban J connectivity index is 2.41. The Bertz CT molecular complexity index is 746. The average Bonchev–Trinajstić information content (AvgIpc) is 2.38. The highest BCUT2D eigenvalue weighted by Gasteiger charge is 2.22. The molecule has 3 N–H and O–H groups in total. The van der Waals surface area contributed by atoms with Gasteiger partial charge >= 0.3 is 0 Å². The van der Waals surface area contributed by atoms with E-state index in [1.54, 1.807) is 0 Å². The molecule has 0 spiro atoms. The molecule has 2 aromatic carbocycles. The van der Waals surface area contributed by atoms with Crippen molar-refractivity contribution in [2.75, 3.05) is 10.5 Å². The zero-order valence-electron chi connectivity index (χ0n) is 9.90. The number of nitrogens with two attached hydrogens (primary N) is 1. The summed E-state index contributed by atoms with van der Waals surface area (Å²) in [6, 6.07) is 5.90. The molecule has 0 saturated heterocycles. The Kier molecular flexibility index (Phi) is 3.58. The molecule has 0 heterocycles. The molecule has 2 aromatic rings. The van der Waals surface area contributed by atoms with E-state index in [1.807, 2.05) is 4.72 Å². The van der Waals surface area contributed by atoms with E-state index < -0.39 is 38.1 Å². The molecule has 0 aliphatic carbocycles. The normalized spacial score (nSPS) is 11.3. The lowest BCUT2D eigenvalue weighted by atomic mass is 10.3. The maximum Gasteiger partial charge on any atom is 0.264 e. The second kappa shape index (κ2) is 5.04. The van der Waals surface area contributed by atoms with Crippen molar-refractivity contribution < 1.29 is 21.6 Å². The van der Waals surface area contributed by atoms with Gasteiger partial charge in [0.2, 0.25) is 0 Å². The number of nitrogen functional groups attached to an aromatic ring is 1. The van der Waals surface area contributed by atoms with Gasteiger partial charge in [0.05, 0.1) is 0 Å². The van der Waals surface area contributed by atoms with Crippen LogP contribution in [0.1, 0.15) is 0 Å². The molecule has 0 saturated carbocycles. The van der Waals surface area contributed by atoms with Gasteiger partial charge in [0, 0.05) is 5.69 Å². The largest absolute Gasteiger partial charge is 0.394 e. The van der Waals surface area contributed by atoms with Gasteiger partial charge in [-0.1, -0.05) is 0 Å². The molecule has 0 fully saturated rings. The van der Waals surface area contributed by atoms with E-state index in [2.05, 4.69) is 0 Å². The minimum absolute atomic E-state index is 0.0358. The molecule has 0 amide bonds. The Labute approximate surface area is 113 Å². The number of hydrogen-bond donors (Lipinski definition) is 2. The molecule has 0 aliphatic heterocycles. The van der Waals surface area contributed by atoms with Gasteiger partial charge < -0.3 is 5.73 Å². The van der Waals surface area contributed by atoms with Gasteiger partial charge in [0.25, 0.3) is 10.0 Å². The third kappa shape index (κ3) is 2.69. The van der Waals surface area contributed by atoms with Crippen molar-refractivity contribution >= 4 is 21.4 Å². The van der Waals surface area contributed by atoms with Gasteiger partial charge in [-0.05, 0) is 36.4 Å². The molecule has 106 valence electrons. The summed E-state index contributed by atoms with van der Waals surface area (Å²) in [4.78, 5) is -0.791. The fraction of sp³-hybridized carbons (Fsp3) is 0. The van der Waals surface area contributed by atoms with Crippen LogP contribution < -0.4 is 10.5 Å². The zero-order valence-corrected chi connectivity index (χ0v) is 10.7. The van der Waals surface area contributed by atoms with Crippen molar-refractivity contribution in [1.82, 2.24) is 0 Å². The molecule has 0 bridgehead atoms. The zero-order chi connectivity index (χ0) is 14.9. The number of halogens is 3. The van der Waals surface area contributed by atoms with Crippen LogP contribution in [-0.4, -0.2) is 8.42 Å². The van der Waals surface area contributed by atoms with E-state index in [9.17, 15) is 21.6 Å². The predicted molar refractivity (Wildman–Crippen MR) is 68.0 cm³/mol.